The van der Waals surface area contributed by atoms with E-state index >= 15 is 0 Å². The third kappa shape index (κ3) is 3.40. The molecule has 0 atom stereocenters. The highest BCUT2D eigenvalue weighted by molar-refractivity contribution is 14.1. The van der Waals surface area contributed by atoms with Gasteiger partial charge in [-0.3, -0.25) is 9.20 Å². The lowest BCUT2D eigenvalue weighted by Crippen LogP contribution is -2.28. The second-order valence-corrected chi connectivity index (χ2v) is 7.57. The Hall–Kier alpha value is -2.53. The standard InChI is InChI=1S/C17H12IN5O2S/c18-12-6-4-11(5-7-12)13-10-26-16(19-13)20-15(24)9-23-17(25)22-8-2-1-3-14(22)21-23/h1-8,10H,9H2,(H,19,20,24). The maximum absolute atomic E-state index is 12.2. The first kappa shape index (κ1) is 16.9. The van der Waals surface area contributed by atoms with Crippen LogP contribution >= 0.6 is 33.9 Å². The molecular formula is C17H12IN5O2S. The Morgan fingerprint density at radius 1 is 1.19 bits per heavy atom. The van der Waals surface area contributed by atoms with Crippen LogP contribution in [0.25, 0.3) is 16.9 Å². The van der Waals surface area contributed by atoms with Crippen molar-refractivity contribution in [2.24, 2.45) is 0 Å². The van der Waals surface area contributed by atoms with Gasteiger partial charge in [-0.25, -0.2) is 14.5 Å². The molecule has 0 spiro atoms. The summed E-state index contributed by atoms with van der Waals surface area (Å²) in [6.45, 7) is -0.168. The molecule has 4 rings (SSSR count). The van der Waals surface area contributed by atoms with Crippen molar-refractivity contribution in [2.45, 2.75) is 6.54 Å². The fraction of sp³-hybridized carbons (Fsp3) is 0.0588. The van der Waals surface area contributed by atoms with E-state index in [9.17, 15) is 9.59 Å². The van der Waals surface area contributed by atoms with Crippen LogP contribution in [-0.2, 0) is 11.3 Å². The molecule has 1 aromatic carbocycles. The largest absolute Gasteiger partial charge is 0.350 e. The highest BCUT2D eigenvalue weighted by atomic mass is 127. The van der Waals surface area contributed by atoms with Crippen molar-refractivity contribution in [2.75, 3.05) is 5.32 Å². The van der Waals surface area contributed by atoms with Gasteiger partial charge in [0.25, 0.3) is 0 Å². The van der Waals surface area contributed by atoms with Gasteiger partial charge < -0.3 is 5.32 Å². The SMILES string of the molecule is O=C(Cn1nc2ccccn2c1=O)Nc1nc(-c2ccc(I)cc2)cs1. The molecule has 26 heavy (non-hydrogen) atoms. The van der Waals surface area contributed by atoms with Crippen LogP contribution in [0.5, 0.6) is 0 Å². The second-order valence-electron chi connectivity index (χ2n) is 5.46. The fourth-order valence-electron chi connectivity index (χ4n) is 2.45. The summed E-state index contributed by atoms with van der Waals surface area (Å²) in [5.74, 6) is -0.348. The van der Waals surface area contributed by atoms with Crippen LogP contribution in [0.15, 0.2) is 58.8 Å². The first-order valence-corrected chi connectivity index (χ1v) is 9.61. The molecule has 9 heteroatoms. The zero-order valence-electron chi connectivity index (χ0n) is 13.3. The average molecular weight is 477 g/mol. The van der Waals surface area contributed by atoms with Crippen molar-refractivity contribution in [3.05, 3.63) is 68.1 Å². The van der Waals surface area contributed by atoms with E-state index in [2.05, 4.69) is 38.0 Å². The summed E-state index contributed by atoms with van der Waals surface area (Å²) in [6.07, 6.45) is 1.62. The first-order chi connectivity index (χ1) is 12.6. The molecule has 0 aliphatic carbocycles. The molecule has 3 aromatic heterocycles. The summed E-state index contributed by atoms with van der Waals surface area (Å²) in [4.78, 5) is 28.9. The van der Waals surface area contributed by atoms with Gasteiger partial charge in [0.15, 0.2) is 10.8 Å². The zero-order valence-corrected chi connectivity index (χ0v) is 16.3. The molecule has 0 saturated carbocycles. The number of carbonyl (C=O) groups excluding carboxylic acids is 1. The molecule has 7 nitrogen and oxygen atoms in total. The number of nitrogens with zero attached hydrogens (tertiary/aromatic N) is 4. The van der Waals surface area contributed by atoms with E-state index in [1.165, 1.54) is 15.7 Å². The number of anilines is 1. The Morgan fingerprint density at radius 2 is 2.00 bits per heavy atom. The van der Waals surface area contributed by atoms with Crippen LogP contribution in [0.1, 0.15) is 0 Å². The summed E-state index contributed by atoms with van der Waals surface area (Å²) < 4.78 is 3.68. The number of benzene rings is 1. The molecule has 130 valence electrons. The number of carbonyl (C=O) groups is 1. The van der Waals surface area contributed by atoms with E-state index < -0.39 is 0 Å². The van der Waals surface area contributed by atoms with Gasteiger partial charge in [0.1, 0.15) is 6.54 Å². The number of amides is 1. The van der Waals surface area contributed by atoms with Gasteiger partial charge >= 0.3 is 5.69 Å². The molecule has 0 aliphatic heterocycles. The summed E-state index contributed by atoms with van der Waals surface area (Å²) in [5, 5.41) is 9.24. The molecule has 1 N–H and O–H groups in total. The van der Waals surface area contributed by atoms with Crippen molar-refractivity contribution < 1.29 is 4.79 Å². The smallest absolute Gasteiger partial charge is 0.300 e. The van der Waals surface area contributed by atoms with Crippen LogP contribution in [0.3, 0.4) is 0 Å². The van der Waals surface area contributed by atoms with Crippen LogP contribution in [0.2, 0.25) is 0 Å². The predicted molar refractivity (Wildman–Crippen MR) is 108 cm³/mol. The molecule has 0 bridgehead atoms. The molecule has 0 aliphatic rings. The number of fused-ring (bicyclic) bond motifs is 1. The Kier molecular flexibility index (Phi) is 4.55. The predicted octanol–water partition coefficient (Wildman–Crippen LogP) is 2.86. The van der Waals surface area contributed by atoms with Gasteiger partial charge in [0.2, 0.25) is 5.91 Å². The highest BCUT2D eigenvalue weighted by Gasteiger charge is 2.12. The molecular weight excluding hydrogens is 465 g/mol. The number of hydrogen-bond acceptors (Lipinski definition) is 5. The van der Waals surface area contributed by atoms with Crippen LogP contribution in [-0.4, -0.2) is 25.1 Å². The van der Waals surface area contributed by atoms with Gasteiger partial charge in [-0.2, -0.15) is 0 Å². The zero-order chi connectivity index (χ0) is 18.1. The molecule has 0 radical (unpaired) electrons. The van der Waals surface area contributed by atoms with E-state index in [4.69, 9.17) is 0 Å². The number of rotatable bonds is 4. The molecule has 4 aromatic rings. The fourth-order valence-corrected chi connectivity index (χ4v) is 3.55. The van der Waals surface area contributed by atoms with E-state index in [1.807, 2.05) is 29.6 Å². The molecule has 3 heterocycles. The minimum atomic E-state index is -0.352. The number of hydrogen-bond donors (Lipinski definition) is 1. The maximum Gasteiger partial charge on any atom is 0.350 e. The Labute approximate surface area is 165 Å². The van der Waals surface area contributed by atoms with Crippen LogP contribution in [0.4, 0.5) is 5.13 Å². The van der Waals surface area contributed by atoms with Gasteiger partial charge in [-0.15, -0.1) is 16.4 Å². The quantitative estimate of drug-likeness (QED) is 0.459. The Balaban J connectivity index is 1.49. The number of nitrogens with one attached hydrogen (secondary N) is 1. The van der Waals surface area contributed by atoms with E-state index in [0.29, 0.717) is 10.8 Å². The van der Waals surface area contributed by atoms with Gasteiger partial charge in [0.05, 0.1) is 5.69 Å². The molecule has 0 fully saturated rings. The lowest BCUT2D eigenvalue weighted by molar-refractivity contribution is -0.117. The average Bonchev–Trinajstić information content (AvgIpc) is 3.21. The third-order valence-electron chi connectivity index (χ3n) is 3.67. The van der Waals surface area contributed by atoms with E-state index in [1.54, 1.807) is 24.4 Å². The number of pyridine rings is 1. The Morgan fingerprint density at radius 3 is 2.77 bits per heavy atom. The van der Waals surface area contributed by atoms with Crippen molar-refractivity contribution in [1.29, 1.82) is 0 Å². The molecule has 0 saturated heterocycles. The summed E-state index contributed by atoms with van der Waals surface area (Å²) in [6, 6.07) is 13.2. The van der Waals surface area contributed by atoms with Gasteiger partial charge in [0, 0.05) is 20.7 Å². The molecule has 1 amide bonds. The molecule has 0 unspecified atom stereocenters. The summed E-state index contributed by atoms with van der Waals surface area (Å²) >= 11 is 3.58. The minimum absolute atomic E-state index is 0.168. The van der Waals surface area contributed by atoms with Gasteiger partial charge in [-0.05, 0) is 46.9 Å². The lowest BCUT2D eigenvalue weighted by Gasteiger charge is -2.00. The maximum atomic E-state index is 12.2. The third-order valence-corrected chi connectivity index (χ3v) is 5.15. The normalized spacial score (nSPS) is 11.0. The van der Waals surface area contributed by atoms with Crippen molar-refractivity contribution in [3.8, 4) is 11.3 Å². The summed E-state index contributed by atoms with van der Waals surface area (Å²) in [5.41, 5.74) is 1.93. The minimum Gasteiger partial charge on any atom is -0.300 e. The van der Waals surface area contributed by atoms with E-state index in [-0.39, 0.29) is 18.1 Å². The van der Waals surface area contributed by atoms with Crippen molar-refractivity contribution in [3.63, 3.8) is 0 Å². The topological polar surface area (TPSA) is 81.3 Å². The first-order valence-electron chi connectivity index (χ1n) is 7.66. The number of thiazole rings is 1. The van der Waals surface area contributed by atoms with Crippen molar-refractivity contribution in [1.82, 2.24) is 19.2 Å². The van der Waals surface area contributed by atoms with Gasteiger partial charge in [-0.1, -0.05) is 18.2 Å². The highest BCUT2D eigenvalue weighted by Crippen LogP contribution is 2.25. The van der Waals surface area contributed by atoms with E-state index in [0.717, 1.165) is 19.5 Å². The van der Waals surface area contributed by atoms with Crippen LogP contribution in [0, 0.1) is 3.57 Å². The summed E-state index contributed by atoms with van der Waals surface area (Å²) in [7, 11) is 0. The Bertz CT molecular complexity index is 1150. The second kappa shape index (κ2) is 7.00. The lowest BCUT2D eigenvalue weighted by atomic mass is 10.2. The monoisotopic (exact) mass is 477 g/mol. The van der Waals surface area contributed by atoms with Crippen LogP contribution < -0.4 is 11.0 Å². The number of halogens is 1. The number of aromatic nitrogens is 4. The van der Waals surface area contributed by atoms with Crippen molar-refractivity contribution >= 4 is 50.6 Å².